The van der Waals surface area contributed by atoms with E-state index in [1.165, 1.54) is 56.2 Å². The predicted molar refractivity (Wildman–Crippen MR) is 119 cm³/mol. The average Bonchev–Trinajstić information content (AvgIpc) is 3.24. The van der Waals surface area contributed by atoms with Crippen molar-refractivity contribution < 1.29 is 18.3 Å². The Labute approximate surface area is 189 Å². The molecule has 170 valence electrons. The number of methoxy groups -OCH3 is 1. The molecule has 1 aromatic carbocycles. The number of ether oxygens (including phenoxy) is 2. The first-order valence-corrected chi connectivity index (χ1v) is 11.3. The van der Waals surface area contributed by atoms with E-state index in [0.29, 0.717) is 16.8 Å². The highest BCUT2D eigenvalue weighted by Gasteiger charge is 2.18. The van der Waals surface area contributed by atoms with Gasteiger partial charge in [-0.1, -0.05) is 6.42 Å². The van der Waals surface area contributed by atoms with Gasteiger partial charge in [-0.25, -0.2) is 23.7 Å². The summed E-state index contributed by atoms with van der Waals surface area (Å²) in [7, 11) is 1.33. The Morgan fingerprint density at radius 2 is 1.88 bits per heavy atom. The van der Waals surface area contributed by atoms with Crippen molar-refractivity contribution in [3.8, 4) is 11.5 Å². The number of nitrogens with one attached hydrogen (secondary N) is 1. The van der Waals surface area contributed by atoms with Crippen LogP contribution in [0.4, 0.5) is 19.9 Å². The summed E-state index contributed by atoms with van der Waals surface area (Å²) in [5.74, 6) is -0.808. The summed E-state index contributed by atoms with van der Waals surface area (Å²) in [6, 6.07) is 1.31. The van der Waals surface area contributed by atoms with Crippen molar-refractivity contribution in [3.05, 3.63) is 52.3 Å². The van der Waals surface area contributed by atoms with Crippen LogP contribution in [0, 0.1) is 18.6 Å². The van der Waals surface area contributed by atoms with Crippen molar-refractivity contribution >= 4 is 22.4 Å². The van der Waals surface area contributed by atoms with Crippen LogP contribution in [0.15, 0.2) is 23.8 Å². The van der Waals surface area contributed by atoms with Gasteiger partial charge in [-0.3, -0.25) is 4.90 Å². The lowest BCUT2D eigenvalue weighted by molar-refractivity contribution is 0.219. The zero-order valence-electron chi connectivity index (χ0n) is 18.0. The molecular weight excluding hydrogens is 436 g/mol. The number of benzene rings is 1. The Hall–Kier alpha value is -2.85. The standard InChI is InChI=1S/C22H25F2N5O2S/c1-14-8-18(30-2)20(24)17(19(14)23)12-31-16-9-25-21(26-10-16)28-22-27-15(13-32-22)11-29-6-4-3-5-7-29/h8-10,13H,3-7,11-12H2,1-2H3,(H,25,26,27,28). The number of aryl methyl sites for hydroxylation is 1. The molecule has 0 saturated carbocycles. The van der Waals surface area contributed by atoms with Crippen molar-refractivity contribution in [2.75, 3.05) is 25.5 Å². The lowest BCUT2D eigenvalue weighted by Crippen LogP contribution is -2.29. The molecule has 1 saturated heterocycles. The molecule has 2 aromatic heterocycles. The first kappa shape index (κ1) is 22.3. The molecule has 0 spiro atoms. The average molecular weight is 462 g/mol. The Morgan fingerprint density at radius 1 is 1.12 bits per heavy atom. The third-order valence-electron chi connectivity index (χ3n) is 5.28. The van der Waals surface area contributed by atoms with Crippen LogP contribution in [0.2, 0.25) is 0 Å². The minimum Gasteiger partial charge on any atom is -0.494 e. The SMILES string of the molecule is COc1cc(C)c(F)c(COc2cnc(Nc3nc(CN4CCCCC4)cs3)nc2)c1F. The van der Waals surface area contributed by atoms with E-state index in [0.717, 1.165) is 25.3 Å². The summed E-state index contributed by atoms with van der Waals surface area (Å²) in [4.78, 5) is 15.4. The molecule has 1 aliphatic rings. The van der Waals surface area contributed by atoms with Crippen LogP contribution in [-0.4, -0.2) is 40.1 Å². The molecule has 1 aliphatic heterocycles. The molecular formula is C22H25F2N5O2S. The van der Waals surface area contributed by atoms with Gasteiger partial charge in [-0.05, 0) is 44.5 Å². The molecule has 0 atom stereocenters. The minimum absolute atomic E-state index is 0.0265. The van der Waals surface area contributed by atoms with Crippen LogP contribution < -0.4 is 14.8 Å². The quantitative estimate of drug-likeness (QED) is 0.515. The largest absolute Gasteiger partial charge is 0.494 e. The van der Waals surface area contributed by atoms with Crippen molar-refractivity contribution in [2.24, 2.45) is 0 Å². The summed E-state index contributed by atoms with van der Waals surface area (Å²) in [6.07, 6.45) is 6.68. The summed E-state index contributed by atoms with van der Waals surface area (Å²) >= 11 is 1.50. The van der Waals surface area contributed by atoms with E-state index in [9.17, 15) is 8.78 Å². The number of hydrogen-bond donors (Lipinski definition) is 1. The van der Waals surface area contributed by atoms with Crippen LogP contribution in [0.25, 0.3) is 0 Å². The van der Waals surface area contributed by atoms with Gasteiger partial charge >= 0.3 is 0 Å². The van der Waals surface area contributed by atoms with Crippen molar-refractivity contribution in [1.29, 1.82) is 0 Å². The molecule has 0 amide bonds. The monoisotopic (exact) mass is 461 g/mol. The maximum atomic E-state index is 14.4. The number of piperidine rings is 1. The van der Waals surface area contributed by atoms with E-state index in [4.69, 9.17) is 9.47 Å². The smallest absolute Gasteiger partial charge is 0.229 e. The van der Waals surface area contributed by atoms with E-state index >= 15 is 0 Å². The molecule has 7 nitrogen and oxygen atoms in total. The van der Waals surface area contributed by atoms with Gasteiger partial charge < -0.3 is 14.8 Å². The normalized spacial score (nSPS) is 14.4. The first-order valence-electron chi connectivity index (χ1n) is 10.4. The fourth-order valence-electron chi connectivity index (χ4n) is 3.57. The summed E-state index contributed by atoms with van der Waals surface area (Å²) in [5.41, 5.74) is 1.10. The third kappa shape index (κ3) is 5.31. The molecule has 10 heteroatoms. The zero-order valence-corrected chi connectivity index (χ0v) is 18.8. The summed E-state index contributed by atoms with van der Waals surface area (Å²) in [6.45, 7) is 4.32. The number of thiazole rings is 1. The fraction of sp³-hybridized carbons (Fsp3) is 0.409. The number of rotatable bonds is 8. The highest BCUT2D eigenvalue weighted by molar-refractivity contribution is 7.13. The highest BCUT2D eigenvalue weighted by Crippen LogP contribution is 2.27. The molecule has 32 heavy (non-hydrogen) atoms. The summed E-state index contributed by atoms with van der Waals surface area (Å²) in [5, 5.41) is 5.82. The van der Waals surface area contributed by atoms with E-state index in [2.05, 4.69) is 25.2 Å². The van der Waals surface area contributed by atoms with E-state index in [-0.39, 0.29) is 23.5 Å². The Morgan fingerprint density at radius 3 is 2.59 bits per heavy atom. The molecule has 0 radical (unpaired) electrons. The van der Waals surface area contributed by atoms with Crippen molar-refractivity contribution in [3.63, 3.8) is 0 Å². The lowest BCUT2D eigenvalue weighted by Gasteiger charge is -2.25. The maximum Gasteiger partial charge on any atom is 0.229 e. The number of hydrogen-bond acceptors (Lipinski definition) is 8. The number of aromatic nitrogens is 3. The fourth-order valence-corrected chi connectivity index (χ4v) is 4.27. The number of halogens is 2. The van der Waals surface area contributed by atoms with Gasteiger partial charge in [0, 0.05) is 11.9 Å². The molecule has 4 rings (SSSR count). The van der Waals surface area contributed by atoms with E-state index < -0.39 is 11.6 Å². The first-order chi connectivity index (χ1) is 15.5. The molecule has 3 heterocycles. The highest BCUT2D eigenvalue weighted by atomic mass is 32.1. The summed E-state index contributed by atoms with van der Waals surface area (Å²) < 4.78 is 39.1. The van der Waals surface area contributed by atoms with Crippen LogP contribution in [0.3, 0.4) is 0 Å². The number of likely N-dealkylation sites (tertiary alicyclic amines) is 1. The van der Waals surface area contributed by atoms with Crippen molar-refractivity contribution in [2.45, 2.75) is 39.3 Å². The van der Waals surface area contributed by atoms with Gasteiger partial charge in [-0.2, -0.15) is 0 Å². The Balaban J connectivity index is 1.35. The Kier molecular flexibility index (Phi) is 7.11. The number of nitrogens with zero attached hydrogens (tertiary/aromatic N) is 4. The Bertz CT molecular complexity index is 1060. The van der Waals surface area contributed by atoms with Gasteiger partial charge in [0.05, 0.1) is 30.8 Å². The van der Waals surface area contributed by atoms with Gasteiger partial charge in [0.25, 0.3) is 0 Å². The topological polar surface area (TPSA) is 72.4 Å². The second-order valence-electron chi connectivity index (χ2n) is 7.64. The van der Waals surface area contributed by atoms with Crippen LogP contribution in [-0.2, 0) is 13.2 Å². The van der Waals surface area contributed by atoms with Crippen LogP contribution >= 0.6 is 11.3 Å². The second-order valence-corrected chi connectivity index (χ2v) is 8.50. The predicted octanol–water partition coefficient (Wildman–Crippen LogP) is 4.84. The van der Waals surface area contributed by atoms with Crippen LogP contribution in [0.1, 0.15) is 36.1 Å². The van der Waals surface area contributed by atoms with Gasteiger partial charge in [0.2, 0.25) is 5.95 Å². The molecule has 3 aromatic rings. The molecule has 0 aliphatic carbocycles. The third-order valence-corrected chi connectivity index (χ3v) is 6.08. The molecule has 0 bridgehead atoms. The molecule has 1 N–H and O–H groups in total. The second kappa shape index (κ2) is 10.2. The van der Waals surface area contributed by atoms with E-state index in [1.807, 2.05) is 5.38 Å². The minimum atomic E-state index is -0.779. The molecule has 1 fully saturated rings. The van der Waals surface area contributed by atoms with Crippen LogP contribution in [0.5, 0.6) is 11.5 Å². The maximum absolute atomic E-state index is 14.4. The van der Waals surface area contributed by atoms with E-state index in [1.54, 1.807) is 6.92 Å². The van der Waals surface area contributed by atoms with Gasteiger partial charge in [-0.15, -0.1) is 11.3 Å². The van der Waals surface area contributed by atoms with Crippen molar-refractivity contribution in [1.82, 2.24) is 19.9 Å². The van der Waals surface area contributed by atoms with Gasteiger partial charge in [0.15, 0.2) is 22.4 Å². The van der Waals surface area contributed by atoms with Gasteiger partial charge in [0.1, 0.15) is 12.4 Å². The lowest BCUT2D eigenvalue weighted by atomic mass is 10.1. The number of anilines is 2. The molecule has 0 unspecified atom stereocenters. The zero-order chi connectivity index (χ0) is 22.5.